The van der Waals surface area contributed by atoms with Gasteiger partial charge in [0, 0.05) is 12.5 Å². The van der Waals surface area contributed by atoms with Crippen LogP contribution in [0.1, 0.15) is 6.92 Å². The van der Waals surface area contributed by atoms with Crippen molar-refractivity contribution in [3.05, 3.63) is 28.2 Å². The number of hydrogen-bond acceptors (Lipinski definition) is 3. The summed E-state index contributed by atoms with van der Waals surface area (Å²) in [6.45, 7) is 3.28. The topological polar surface area (TPSA) is 50.4 Å². The van der Waals surface area contributed by atoms with E-state index in [0.717, 1.165) is 0 Å². The van der Waals surface area contributed by atoms with Crippen molar-refractivity contribution >= 4 is 41.5 Å². The molecular weight excluding hydrogens is 323 g/mol. The van der Waals surface area contributed by atoms with Crippen LogP contribution in [0.4, 0.5) is 0 Å². The molecule has 0 heterocycles. The van der Waals surface area contributed by atoms with Crippen LogP contribution in [0.5, 0.6) is 5.75 Å². The van der Waals surface area contributed by atoms with Gasteiger partial charge >= 0.3 is 0 Å². The fourth-order valence-electron chi connectivity index (χ4n) is 1.50. The van der Waals surface area contributed by atoms with Gasteiger partial charge < -0.3 is 15.4 Å². The third-order valence-corrected chi connectivity index (χ3v) is 3.33. The summed E-state index contributed by atoms with van der Waals surface area (Å²) < 4.78 is 5.46. The maximum absolute atomic E-state index is 11.6. The van der Waals surface area contributed by atoms with E-state index in [4.69, 9.17) is 27.9 Å². The Bertz CT molecular complexity index is 430. The highest BCUT2D eigenvalue weighted by Gasteiger charge is 2.11. The second kappa shape index (κ2) is 10.1. The van der Waals surface area contributed by atoms with E-state index < -0.39 is 0 Å². The van der Waals surface area contributed by atoms with Gasteiger partial charge in [-0.05, 0) is 19.2 Å². The molecule has 0 spiro atoms. The zero-order valence-corrected chi connectivity index (χ0v) is 13.7. The van der Waals surface area contributed by atoms with Crippen molar-refractivity contribution < 1.29 is 9.53 Å². The third-order valence-electron chi connectivity index (χ3n) is 2.53. The number of amides is 1. The largest absolute Gasteiger partial charge is 0.490 e. The van der Waals surface area contributed by atoms with Crippen molar-refractivity contribution in [2.24, 2.45) is 5.92 Å². The maximum atomic E-state index is 11.6. The van der Waals surface area contributed by atoms with Gasteiger partial charge in [-0.2, -0.15) is 0 Å². The number of benzene rings is 1. The van der Waals surface area contributed by atoms with Gasteiger partial charge in [0.15, 0.2) is 0 Å². The quantitative estimate of drug-likeness (QED) is 0.750. The molecule has 1 unspecified atom stereocenters. The molecule has 114 valence electrons. The lowest BCUT2D eigenvalue weighted by atomic mass is 10.1. The number of carbonyl (C=O) groups excluding carboxylic acids is 1. The van der Waals surface area contributed by atoms with Crippen LogP contribution >= 0.6 is 35.6 Å². The fourth-order valence-corrected chi connectivity index (χ4v) is 1.85. The van der Waals surface area contributed by atoms with Crippen LogP contribution in [0.2, 0.25) is 10.0 Å². The first-order chi connectivity index (χ1) is 9.06. The van der Waals surface area contributed by atoms with Crippen molar-refractivity contribution in [1.29, 1.82) is 0 Å². The molecule has 1 aromatic carbocycles. The van der Waals surface area contributed by atoms with Gasteiger partial charge in [0.25, 0.3) is 0 Å². The molecule has 0 fully saturated rings. The number of hydrogen-bond donors (Lipinski definition) is 2. The van der Waals surface area contributed by atoms with Gasteiger partial charge in [-0.15, -0.1) is 12.4 Å². The predicted octanol–water partition coefficient (Wildman–Crippen LogP) is 2.77. The Morgan fingerprint density at radius 2 is 2.10 bits per heavy atom. The van der Waals surface area contributed by atoms with Crippen LogP contribution in [0.25, 0.3) is 0 Å². The lowest BCUT2D eigenvalue weighted by Crippen LogP contribution is -2.36. The summed E-state index contributed by atoms with van der Waals surface area (Å²) in [6, 6.07) is 5.19. The summed E-state index contributed by atoms with van der Waals surface area (Å²) in [7, 11) is 1.81. The summed E-state index contributed by atoms with van der Waals surface area (Å²) in [5, 5.41) is 6.58. The van der Waals surface area contributed by atoms with Crippen LogP contribution < -0.4 is 15.4 Å². The van der Waals surface area contributed by atoms with Crippen molar-refractivity contribution in [1.82, 2.24) is 10.6 Å². The lowest BCUT2D eigenvalue weighted by molar-refractivity contribution is -0.124. The van der Waals surface area contributed by atoms with E-state index in [1.807, 2.05) is 14.0 Å². The van der Waals surface area contributed by atoms with Gasteiger partial charge in [0.05, 0.1) is 11.6 Å². The minimum Gasteiger partial charge on any atom is -0.490 e. The van der Waals surface area contributed by atoms with Gasteiger partial charge in [-0.1, -0.05) is 36.2 Å². The zero-order chi connectivity index (χ0) is 14.3. The molecule has 2 N–H and O–H groups in total. The number of carbonyl (C=O) groups is 1. The SMILES string of the molecule is CNCC(C)C(=O)NCCOc1cccc(Cl)c1Cl.Cl. The summed E-state index contributed by atoms with van der Waals surface area (Å²) in [5.74, 6) is 0.446. The number of ether oxygens (including phenoxy) is 1. The molecule has 0 radical (unpaired) electrons. The minimum absolute atomic E-state index is 0. The maximum Gasteiger partial charge on any atom is 0.224 e. The highest BCUT2D eigenvalue weighted by atomic mass is 35.5. The van der Waals surface area contributed by atoms with E-state index in [9.17, 15) is 4.79 Å². The molecule has 0 aliphatic rings. The van der Waals surface area contributed by atoms with Crippen LogP contribution in [0, 0.1) is 5.92 Å². The van der Waals surface area contributed by atoms with E-state index in [-0.39, 0.29) is 24.2 Å². The first-order valence-corrected chi connectivity index (χ1v) is 6.81. The summed E-state index contributed by atoms with van der Waals surface area (Å²) in [6.07, 6.45) is 0. The van der Waals surface area contributed by atoms with Crippen molar-refractivity contribution in [2.75, 3.05) is 26.7 Å². The molecule has 20 heavy (non-hydrogen) atoms. The van der Waals surface area contributed by atoms with Gasteiger partial charge in [-0.3, -0.25) is 4.79 Å². The predicted molar refractivity (Wildman–Crippen MR) is 85.3 cm³/mol. The van der Waals surface area contributed by atoms with Gasteiger partial charge in [0.1, 0.15) is 17.4 Å². The van der Waals surface area contributed by atoms with E-state index >= 15 is 0 Å². The second-order valence-electron chi connectivity index (χ2n) is 4.15. The molecule has 4 nitrogen and oxygen atoms in total. The molecule has 0 saturated carbocycles. The lowest BCUT2D eigenvalue weighted by Gasteiger charge is -2.12. The van der Waals surface area contributed by atoms with E-state index in [0.29, 0.717) is 35.5 Å². The van der Waals surface area contributed by atoms with Gasteiger partial charge in [0.2, 0.25) is 5.91 Å². The van der Waals surface area contributed by atoms with Crippen LogP contribution in [-0.4, -0.2) is 32.7 Å². The highest BCUT2D eigenvalue weighted by molar-refractivity contribution is 6.42. The minimum atomic E-state index is -0.0697. The first-order valence-electron chi connectivity index (χ1n) is 6.05. The van der Waals surface area contributed by atoms with Crippen LogP contribution in [-0.2, 0) is 4.79 Å². The molecule has 1 atom stereocenters. The normalized spacial score (nSPS) is 11.4. The Morgan fingerprint density at radius 1 is 1.40 bits per heavy atom. The Balaban J connectivity index is 0.00000361. The van der Waals surface area contributed by atoms with E-state index in [1.54, 1.807) is 18.2 Å². The number of nitrogens with one attached hydrogen (secondary N) is 2. The van der Waals surface area contributed by atoms with E-state index in [2.05, 4.69) is 10.6 Å². The average molecular weight is 342 g/mol. The summed E-state index contributed by atoms with van der Waals surface area (Å²) >= 11 is 11.8. The first kappa shape index (κ1) is 19.3. The zero-order valence-electron chi connectivity index (χ0n) is 11.4. The van der Waals surface area contributed by atoms with Crippen LogP contribution in [0.3, 0.4) is 0 Å². The molecule has 0 aliphatic heterocycles. The second-order valence-corrected chi connectivity index (χ2v) is 4.94. The highest BCUT2D eigenvalue weighted by Crippen LogP contribution is 2.31. The average Bonchev–Trinajstić information content (AvgIpc) is 2.39. The molecular formula is C13H19Cl3N2O2. The van der Waals surface area contributed by atoms with Crippen LogP contribution in [0.15, 0.2) is 18.2 Å². The molecule has 1 amide bonds. The molecule has 7 heteroatoms. The fraction of sp³-hybridized carbons (Fsp3) is 0.462. The molecule has 0 bridgehead atoms. The molecule has 1 aromatic rings. The van der Waals surface area contributed by atoms with Crippen molar-refractivity contribution in [3.8, 4) is 5.75 Å². The van der Waals surface area contributed by atoms with Crippen molar-refractivity contribution in [3.63, 3.8) is 0 Å². The molecule has 0 aliphatic carbocycles. The smallest absolute Gasteiger partial charge is 0.224 e. The Kier molecular flexibility index (Phi) is 9.76. The monoisotopic (exact) mass is 340 g/mol. The standard InChI is InChI=1S/C13H18Cl2N2O2.ClH/c1-9(8-16-2)13(18)17-6-7-19-11-5-3-4-10(14)12(11)15;/h3-5,9,16H,6-8H2,1-2H3,(H,17,18);1H. The van der Waals surface area contributed by atoms with Crippen molar-refractivity contribution in [2.45, 2.75) is 6.92 Å². The van der Waals surface area contributed by atoms with Gasteiger partial charge in [-0.25, -0.2) is 0 Å². The number of halogens is 3. The number of rotatable bonds is 7. The van der Waals surface area contributed by atoms with E-state index in [1.165, 1.54) is 0 Å². The molecule has 0 aromatic heterocycles. The Hall–Kier alpha value is -0.680. The Labute approximate surface area is 135 Å². The molecule has 1 rings (SSSR count). The summed E-state index contributed by atoms with van der Waals surface area (Å²) in [5.41, 5.74) is 0. The third kappa shape index (κ3) is 6.18. The molecule has 0 saturated heterocycles. The Morgan fingerprint density at radius 3 is 2.75 bits per heavy atom. The summed E-state index contributed by atoms with van der Waals surface area (Å²) in [4.78, 5) is 11.6.